The molecule has 16 heteroatoms. The van der Waals surface area contributed by atoms with Crippen LogP contribution in [0.4, 0.5) is 0 Å². The van der Waals surface area contributed by atoms with Crippen molar-refractivity contribution in [1.82, 2.24) is 15.0 Å². The third-order valence-electron chi connectivity index (χ3n) is 9.10. The van der Waals surface area contributed by atoms with Gasteiger partial charge in [-0.3, -0.25) is 4.79 Å². The van der Waals surface area contributed by atoms with Crippen LogP contribution in [0.3, 0.4) is 0 Å². The van der Waals surface area contributed by atoms with Crippen molar-refractivity contribution in [2.75, 3.05) is 34.2 Å². The van der Waals surface area contributed by atoms with Crippen LogP contribution in [-0.2, 0) is 25.6 Å². The second kappa shape index (κ2) is 11.9. The highest BCUT2D eigenvalue weighted by Crippen LogP contribution is 2.56. The Kier molecular flexibility index (Phi) is 7.86. The summed E-state index contributed by atoms with van der Waals surface area (Å²) in [7, 11) is 2.86. The Balaban J connectivity index is 1.25. The molecule has 2 saturated heterocycles. The third-order valence-corrected chi connectivity index (χ3v) is 9.10. The van der Waals surface area contributed by atoms with Crippen molar-refractivity contribution < 1.29 is 63.5 Å². The number of ether oxygens (including phenoxy) is 7. The number of phenolic OH excluding ortho intramolecular Hbond substituents is 1. The minimum absolute atomic E-state index is 0.0338. The second-order valence-electron chi connectivity index (χ2n) is 11.5. The van der Waals surface area contributed by atoms with E-state index in [1.54, 1.807) is 23.0 Å². The molecular weight excluding hydrogens is 610 g/mol. The molecule has 4 heterocycles. The van der Waals surface area contributed by atoms with E-state index in [2.05, 4.69) is 10.3 Å². The average molecular weight is 644 g/mol. The normalized spacial score (nSPS) is 31.3. The fraction of sp³-hybridized carbons (Fsp3) is 0.500. The first-order chi connectivity index (χ1) is 22.2. The Morgan fingerprint density at radius 1 is 0.957 bits per heavy atom. The number of rotatable bonds is 8. The Labute approximate surface area is 261 Å². The number of carbonyl (C=O) groups is 1. The van der Waals surface area contributed by atoms with Gasteiger partial charge in [0.2, 0.25) is 12.5 Å². The minimum atomic E-state index is -1.59. The highest BCUT2D eigenvalue weighted by molar-refractivity contribution is 5.79. The van der Waals surface area contributed by atoms with Crippen molar-refractivity contribution >= 4 is 5.97 Å². The predicted octanol–water partition coefficient (Wildman–Crippen LogP) is -0.430. The lowest BCUT2D eigenvalue weighted by molar-refractivity contribution is -0.304. The highest BCUT2D eigenvalue weighted by Gasteiger charge is 2.54. The number of aromatic nitrogens is 3. The van der Waals surface area contributed by atoms with E-state index in [9.17, 15) is 30.3 Å². The van der Waals surface area contributed by atoms with Crippen molar-refractivity contribution in [3.8, 4) is 28.7 Å². The van der Waals surface area contributed by atoms with E-state index in [1.807, 2.05) is 12.1 Å². The molecule has 0 saturated carbocycles. The van der Waals surface area contributed by atoms with Crippen molar-refractivity contribution in [1.29, 1.82) is 0 Å². The summed E-state index contributed by atoms with van der Waals surface area (Å²) in [6.45, 7) is -0.648. The number of esters is 1. The van der Waals surface area contributed by atoms with Crippen LogP contribution in [0.5, 0.6) is 28.7 Å². The summed E-state index contributed by atoms with van der Waals surface area (Å²) in [5.41, 5.74) is 2.53. The van der Waals surface area contributed by atoms with Crippen LogP contribution < -0.4 is 18.9 Å². The van der Waals surface area contributed by atoms with Crippen LogP contribution in [0, 0.1) is 11.8 Å². The average Bonchev–Trinajstić information content (AvgIpc) is 3.82. The molecule has 1 aliphatic carbocycles. The highest BCUT2D eigenvalue weighted by atomic mass is 16.7. The first kappa shape index (κ1) is 30.5. The SMILES string of the molecule is COc1cc([C@@H]2c3cc4c(cc3[C@@H](n3cc(CO[C@@H]5O[C@H](CO)[C@@H](O)[C@H](O)[C@H]5O)nn3)[C@H]3COC(=O)[C@H]23)OCO4)cc(OC)c1O. The summed E-state index contributed by atoms with van der Waals surface area (Å²) in [5, 5.41) is 59.1. The van der Waals surface area contributed by atoms with Gasteiger partial charge < -0.3 is 58.7 Å². The van der Waals surface area contributed by atoms with Crippen LogP contribution in [0.25, 0.3) is 0 Å². The number of carbonyl (C=O) groups excluding carboxylic acids is 1. The number of hydrogen-bond acceptors (Lipinski definition) is 15. The van der Waals surface area contributed by atoms with Crippen LogP contribution in [0.15, 0.2) is 30.5 Å². The van der Waals surface area contributed by atoms with Crippen molar-refractivity contribution in [3.05, 3.63) is 52.8 Å². The lowest BCUT2D eigenvalue weighted by atomic mass is 9.65. The van der Waals surface area contributed by atoms with Crippen LogP contribution in [0.2, 0.25) is 0 Å². The molecule has 3 aromatic rings. The molecule has 0 amide bonds. The summed E-state index contributed by atoms with van der Waals surface area (Å²) in [6, 6.07) is 6.50. The smallest absolute Gasteiger partial charge is 0.310 e. The summed E-state index contributed by atoms with van der Waals surface area (Å²) in [5.74, 6) is -0.784. The molecule has 0 unspecified atom stereocenters. The minimum Gasteiger partial charge on any atom is -0.502 e. The van der Waals surface area contributed by atoms with Gasteiger partial charge in [-0.1, -0.05) is 5.21 Å². The van der Waals surface area contributed by atoms with Crippen molar-refractivity contribution in [2.45, 2.75) is 49.3 Å². The Morgan fingerprint density at radius 3 is 2.33 bits per heavy atom. The first-order valence-electron chi connectivity index (χ1n) is 14.6. The molecular formula is C30H33N3O13. The number of phenols is 1. The standard InChI is InChI=1S/C30H33N3O13/c1-40-19-3-12(4-20(41-2)25(19)35)22-14-5-17-18(45-11-44-17)6-15(14)24(16-10-42-29(39)23(16)22)33-7-13(31-32-33)9-43-30-28(38)27(37)26(36)21(8-34)46-30/h3-7,16,21-24,26-28,30,34-38H,8-11H2,1-2H3/t16-,21+,22+,23-,24+,26+,27-,28+,30+/m0/s1. The number of aromatic hydroxyl groups is 1. The van der Waals surface area contributed by atoms with E-state index in [-0.39, 0.29) is 37.3 Å². The maximum Gasteiger partial charge on any atom is 0.310 e. The van der Waals surface area contributed by atoms with Gasteiger partial charge >= 0.3 is 5.97 Å². The summed E-state index contributed by atoms with van der Waals surface area (Å²) in [4.78, 5) is 13.5. The number of fused-ring (bicyclic) bond motifs is 3. The van der Waals surface area contributed by atoms with Gasteiger partial charge in [-0.15, -0.1) is 5.10 Å². The molecule has 9 atom stereocenters. The number of hydrogen-bond donors (Lipinski definition) is 5. The van der Waals surface area contributed by atoms with Crippen molar-refractivity contribution in [2.24, 2.45) is 11.8 Å². The Morgan fingerprint density at radius 2 is 1.65 bits per heavy atom. The molecule has 0 bridgehead atoms. The molecule has 5 N–H and O–H groups in total. The lowest BCUT2D eigenvalue weighted by Gasteiger charge is -2.39. The van der Waals surface area contributed by atoms with Gasteiger partial charge in [-0.2, -0.15) is 0 Å². The number of methoxy groups -OCH3 is 2. The van der Waals surface area contributed by atoms with Crippen LogP contribution in [0.1, 0.15) is 34.3 Å². The zero-order valence-electron chi connectivity index (χ0n) is 24.8. The van der Waals surface area contributed by atoms with Crippen molar-refractivity contribution in [3.63, 3.8) is 0 Å². The topological polar surface area (TPSA) is 214 Å². The zero-order valence-corrected chi connectivity index (χ0v) is 24.8. The fourth-order valence-electron chi connectivity index (χ4n) is 6.85. The quantitative estimate of drug-likeness (QED) is 0.197. The van der Waals surface area contributed by atoms with Gasteiger partial charge in [0.05, 0.1) is 52.2 Å². The van der Waals surface area contributed by atoms with Gasteiger partial charge in [0.15, 0.2) is 29.3 Å². The number of benzene rings is 2. The zero-order chi connectivity index (χ0) is 32.3. The summed E-state index contributed by atoms with van der Waals surface area (Å²) in [6.07, 6.45) is -5.50. The summed E-state index contributed by atoms with van der Waals surface area (Å²) < 4.78 is 40.6. The maximum atomic E-state index is 13.5. The van der Waals surface area contributed by atoms with Gasteiger partial charge in [0.25, 0.3) is 0 Å². The van der Waals surface area contributed by atoms with Gasteiger partial charge in [-0.25, -0.2) is 4.68 Å². The summed E-state index contributed by atoms with van der Waals surface area (Å²) >= 11 is 0. The molecule has 4 aliphatic rings. The molecule has 2 aromatic carbocycles. The van der Waals surface area contributed by atoms with E-state index in [0.717, 1.165) is 11.1 Å². The van der Waals surface area contributed by atoms with Gasteiger partial charge in [-0.05, 0) is 41.0 Å². The molecule has 7 rings (SSSR count). The second-order valence-corrected chi connectivity index (χ2v) is 11.5. The van der Waals surface area contributed by atoms with E-state index in [4.69, 9.17) is 33.2 Å². The molecule has 0 radical (unpaired) electrons. The maximum absolute atomic E-state index is 13.5. The van der Waals surface area contributed by atoms with Gasteiger partial charge in [0.1, 0.15) is 30.1 Å². The predicted molar refractivity (Wildman–Crippen MR) is 150 cm³/mol. The number of aliphatic hydroxyl groups excluding tert-OH is 4. The fourth-order valence-corrected chi connectivity index (χ4v) is 6.85. The van der Waals surface area contributed by atoms with Crippen LogP contribution in [-0.4, -0.2) is 111 Å². The van der Waals surface area contributed by atoms with E-state index >= 15 is 0 Å². The van der Waals surface area contributed by atoms with E-state index in [1.165, 1.54) is 14.2 Å². The molecule has 2 fully saturated rings. The molecule has 46 heavy (non-hydrogen) atoms. The Hall–Kier alpha value is -4.19. The molecule has 3 aliphatic heterocycles. The lowest BCUT2D eigenvalue weighted by Crippen LogP contribution is -2.59. The third kappa shape index (κ3) is 4.88. The monoisotopic (exact) mass is 643 g/mol. The molecule has 16 nitrogen and oxygen atoms in total. The largest absolute Gasteiger partial charge is 0.502 e. The molecule has 246 valence electrons. The van der Waals surface area contributed by atoms with E-state index in [0.29, 0.717) is 22.8 Å². The Bertz CT molecular complexity index is 1600. The molecule has 0 spiro atoms. The van der Waals surface area contributed by atoms with Crippen LogP contribution >= 0.6 is 0 Å². The number of aliphatic hydroxyl groups is 4. The van der Waals surface area contributed by atoms with Gasteiger partial charge in [0, 0.05) is 11.8 Å². The van der Waals surface area contributed by atoms with E-state index < -0.39 is 67.1 Å². The number of cyclic esters (lactones) is 1. The number of nitrogens with zero attached hydrogens (tertiary/aromatic N) is 3. The molecule has 1 aromatic heterocycles. The first-order valence-corrected chi connectivity index (χ1v) is 14.6.